The van der Waals surface area contributed by atoms with Crippen molar-refractivity contribution in [2.45, 2.75) is 25.8 Å². The molecule has 9 heteroatoms. The van der Waals surface area contributed by atoms with Crippen molar-refractivity contribution in [1.82, 2.24) is 4.90 Å². The average Bonchev–Trinajstić information content (AvgIpc) is 3.03. The number of carbonyl (C=O) groups is 2. The van der Waals surface area contributed by atoms with Crippen LogP contribution in [0.15, 0.2) is 66.7 Å². The van der Waals surface area contributed by atoms with E-state index < -0.39 is 6.04 Å². The van der Waals surface area contributed by atoms with Gasteiger partial charge in [0.2, 0.25) is 5.91 Å². The predicted octanol–water partition coefficient (Wildman–Crippen LogP) is 6.53. The van der Waals surface area contributed by atoms with Gasteiger partial charge in [-0.3, -0.25) is 14.5 Å². The molecule has 0 radical (unpaired) electrons. The van der Waals surface area contributed by atoms with E-state index in [9.17, 15) is 9.59 Å². The number of halogens is 3. The molecule has 0 spiro atoms. The number of nitrogens with zero attached hydrogens (tertiary/aromatic N) is 2. The lowest BCUT2D eigenvalue weighted by Crippen LogP contribution is -2.39. The Balaban J connectivity index is 1.57. The zero-order valence-electron chi connectivity index (χ0n) is 18.8. The SMILES string of the molecule is Cc1ccc(N2C(=O)C(CC(=O)Nc3cccc(Cl)c3)N(CCc3ccc(Cl)cc3Cl)C2=S)cc1. The number of hydrogen-bond acceptors (Lipinski definition) is 3. The number of rotatable bonds is 7. The summed E-state index contributed by atoms with van der Waals surface area (Å²) in [5.74, 6) is -0.559. The van der Waals surface area contributed by atoms with E-state index in [-0.39, 0.29) is 18.2 Å². The van der Waals surface area contributed by atoms with Crippen LogP contribution in [0.4, 0.5) is 11.4 Å². The molecule has 1 aliphatic rings. The Labute approximate surface area is 224 Å². The highest BCUT2D eigenvalue weighted by atomic mass is 35.5. The Morgan fingerprint density at radius 2 is 1.71 bits per heavy atom. The highest BCUT2D eigenvalue weighted by molar-refractivity contribution is 7.80. The zero-order valence-corrected chi connectivity index (χ0v) is 21.9. The minimum atomic E-state index is -0.755. The number of nitrogens with one attached hydrogen (secondary N) is 1. The first-order valence-electron chi connectivity index (χ1n) is 10.9. The summed E-state index contributed by atoms with van der Waals surface area (Å²) in [5.41, 5.74) is 3.17. The van der Waals surface area contributed by atoms with Crippen LogP contribution in [0.5, 0.6) is 0 Å². The molecule has 1 N–H and O–H groups in total. The van der Waals surface area contributed by atoms with Gasteiger partial charge in [-0.2, -0.15) is 0 Å². The Morgan fingerprint density at radius 3 is 2.40 bits per heavy atom. The molecule has 2 amide bonds. The molecule has 1 saturated heterocycles. The van der Waals surface area contributed by atoms with Crippen LogP contribution in [0.25, 0.3) is 0 Å². The molecular weight excluding hydrogens is 525 g/mol. The van der Waals surface area contributed by atoms with Crippen LogP contribution in [-0.2, 0) is 16.0 Å². The monoisotopic (exact) mass is 545 g/mol. The fraction of sp³-hybridized carbons (Fsp3) is 0.192. The van der Waals surface area contributed by atoms with Crippen LogP contribution in [0, 0.1) is 6.92 Å². The Morgan fingerprint density at radius 1 is 1.00 bits per heavy atom. The summed E-state index contributed by atoms with van der Waals surface area (Å²) in [5, 5.41) is 4.76. The van der Waals surface area contributed by atoms with Crippen molar-refractivity contribution in [2.24, 2.45) is 0 Å². The summed E-state index contributed by atoms with van der Waals surface area (Å²) >= 11 is 24.1. The largest absolute Gasteiger partial charge is 0.336 e. The van der Waals surface area contributed by atoms with Gasteiger partial charge in [-0.05, 0) is 73.6 Å². The number of amides is 2. The van der Waals surface area contributed by atoms with Crippen LogP contribution in [0.2, 0.25) is 15.1 Å². The summed E-state index contributed by atoms with van der Waals surface area (Å²) in [7, 11) is 0. The molecule has 1 fully saturated rings. The van der Waals surface area contributed by atoms with Gasteiger partial charge in [0.15, 0.2) is 5.11 Å². The van der Waals surface area contributed by atoms with Crippen LogP contribution >= 0.6 is 47.0 Å². The number of anilines is 2. The average molecular weight is 547 g/mol. The van der Waals surface area contributed by atoms with Gasteiger partial charge in [0, 0.05) is 27.3 Å². The molecule has 0 aliphatic carbocycles. The van der Waals surface area contributed by atoms with Crippen molar-refractivity contribution in [3.8, 4) is 0 Å². The Hall–Kier alpha value is -2.64. The molecule has 1 aliphatic heterocycles. The molecule has 180 valence electrons. The third-order valence-electron chi connectivity index (χ3n) is 5.74. The smallest absolute Gasteiger partial charge is 0.256 e. The summed E-state index contributed by atoms with van der Waals surface area (Å²) < 4.78 is 0. The minimum absolute atomic E-state index is 0.0673. The zero-order chi connectivity index (χ0) is 25.1. The summed E-state index contributed by atoms with van der Waals surface area (Å²) in [6.45, 7) is 2.38. The number of hydrogen-bond donors (Lipinski definition) is 1. The summed E-state index contributed by atoms with van der Waals surface area (Å²) in [6, 6.07) is 18.9. The molecule has 1 unspecified atom stereocenters. The minimum Gasteiger partial charge on any atom is -0.336 e. The second-order valence-electron chi connectivity index (χ2n) is 8.25. The topological polar surface area (TPSA) is 52.7 Å². The van der Waals surface area contributed by atoms with Gasteiger partial charge in [0.05, 0.1) is 12.1 Å². The van der Waals surface area contributed by atoms with Crippen molar-refractivity contribution in [3.63, 3.8) is 0 Å². The van der Waals surface area contributed by atoms with Gasteiger partial charge in [-0.15, -0.1) is 0 Å². The molecule has 0 bridgehead atoms. The number of benzene rings is 3. The number of thiocarbonyl (C=S) groups is 1. The standard InChI is InChI=1S/C26H22Cl3N3O2S/c1-16-5-9-21(10-6-16)32-25(34)23(15-24(33)30-20-4-2-3-18(27)13-20)31(26(32)35)12-11-17-7-8-19(28)14-22(17)29/h2-10,13-14,23H,11-12,15H2,1H3,(H,30,33). The van der Waals surface area contributed by atoms with E-state index in [0.29, 0.717) is 44.5 Å². The maximum atomic E-state index is 13.5. The van der Waals surface area contributed by atoms with Gasteiger partial charge in [0.25, 0.3) is 5.91 Å². The van der Waals surface area contributed by atoms with E-state index in [2.05, 4.69) is 5.32 Å². The molecule has 1 heterocycles. The third kappa shape index (κ3) is 5.96. The van der Waals surface area contributed by atoms with Crippen molar-refractivity contribution in [2.75, 3.05) is 16.8 Å². The molecule has 0 saturated carbocycles. The quantitative estimate of drug-likeness (QED) is 0.342. The first kappa shape index (κ1) is 25.5. The van der Waals surface area contributed by atoms with E-state index in [1.165, 1.54) is 4.90 Å². The highest BCUT2D eigenvalue weighted by Crippen LogP contribution is 2.29. The van der Waals surface area contributed by atoms with Gasteiger partial charge < -0.3 is 10.2 Å². The van der Waals surface area contributed by atoms with Crippen molar-refractivity contribution in [1.29, 1.82) is 0 Å². The van der Waals surface area contributed by atoms with E-state index in [1.54, 1.807) is 41.3 Å². The van der Waals surface area contributed by atoms with E-state index in [0.717, 1.165) is 11.1 Å². The fourth-order valence-corrected chi connectivity index (χ4v) is 5.05. The second kappa shape index (κ2) is 11.0. The van der Waals surface area contributed by atoms with Crippen LogP contribution in [0.1, 0.15) is 17.5 Å². The Bertz CT molecular complexity index is 1280. The number of aryl methyl sites for hydroxylation is 1. The van der Waals surface area contributed by atoms with E-state index >= 15 is 0 Å². The van der Waals surface area contributed by atoms with Gasteiger partial charge in [0.1, 0.15) is 6.04 Å². The molecule has 5 nitrogen and oxygen atoms in total. The van der Waals surface area contributed by atoms with Gasteiger partial charge in [-0.1, -0.05) is 64.6 Å². The van der Waals surface area contributed by atoms with Crippen molar-refractivity contribution in [3.05, 3.63) is 92.9 Å². The molecule has 3 aromatic rings. The van der Waals surface area contributed by atoms with Gasteiger partial charge in [-0.25, -0.2) is 0 Å². The first-order chi connectivity index (χ1) is 16.7. The molecule has 0 aromatic heterocycles. The summed E-state index contributed by atoms with van der Waals surface area (Å²) in [6.07, 6.45) is 0.458. The van der Waals surface area contributed by atoms with Crippen LogP contribution in [0.3, 0.4) is 0 Å². The second-order valence-corrected chi connectivity index (χ2v) is 9.89. The molecular formula is C26H22Cl3N3O2S. The maximum Gasteiger partial charge on any atom is 0.256 e. The first-order valence-corrected chi connectivity index (χ1v) is 12.5. The normalized spacial score (nSPS) is 15.6. The highest BCUT2D eigenvalue weighted by Gasteiger charge is 2.43. The molecule has 3 aromatic carbocycles. The lowest BCUT2D eigenvalue weighted by molar-refractivity contribution is -0.124. The van der Waals surface area contributed by atoms with Crippen molar-refractivity contribution >= 4 is 75.3 Å². The lowest BCUT2D eigenvalue weighted by atomic mass is 10.1. The molecule has 4 rings (SSSR count). The molecule has 1 atom stereocenters. The molecule has 35 heavy (non-hydrogen) atoms. The third-order valence-corrected chi connectivity index (χ3v) is 6.97. The summed E-state index contributed by atoms with van der Waals surface area (Å²) in [4.78, 5) is 29.7. The van der Waals surface area contributed by atoms with E-state index in [1.807, 2.05) is 37.3 Å². The lowest BCUT2D eigenvalue weighted by Gasteiger charge is -2.24. The van der Waals surface area contributed by atoms with E-state index in [4.69, 9.17) is 47.0 Å². The number of carbonyl (C=O) groups excluding carboxylic acids is 2. The van der Waals surface area contributed by atoms with Crippen LogP contribution in [-0.4, -0.2) is 34.4 Å². The van der Waals surface area contributed by atoms with Gasteiger partial charge >= 0.3 is 0 Å². The maximum absolute atomic E-state index is 13.5. The van der Waals surface area contributed by atoms with Crippen molar-refractivity contribution < 1.29 is 9.59 Å². The fourth-order valence-electron chi connectivity index (χ4n) is 3.94. The van der Waals surface area contributed by atoms with Crippen LogP contribution < -0.4 is 10.2 Å². The Kier molecular flexibility index (Phi) is 7.97. The predicted molar refractivity (Wildman–Crippen MR) is 147 cm³/mol.